The molecule has 0 bridgehead atoms. The molecule has 1 fully saturated rings. The maximum Gasteiger partial charge on any atom is 0.269 e. The number of nitro benzene ring substituents is 1. The van der Waals surface area contributed by atoms with E-state index in [0.29, 0.717) is 5.56 Å². The number of amides is 1. The number of nitrogens with one attached hydrogen (secondary N) is 1. The van der Waals surface area contributed by atoms with Crippen LogP contribution in [0.15, 0.2) is 48.5 Å². The Balaban J connectivity index is 1.84. The van der Waals surface area contributed by atoms with Gasteiger partial charge in [0, 0.05) is 17.7 Å². The third-order valence-electron chi connectivity index (χ3n) is 4.53. The van der Waals surface area contributed by atoms with Crippen LogP contribution in [0.3, 0.4) is 0 Å². The first-order valence-electron chi connectivity index (χ1n) is 8.69. The molecule has 1 heterocycles. The van der Waals surface area contributed by atoms with Gasteiger partial charge in [0.1, 0.15) is 6.10 Å². The van der Waals surface area contributed by atoms with E-state index in [9.17, 15) is 14.9 Å². The van der Waals surface area contributed by atoms with Crippen LogP contribution in [0.4, 0.5) is 5.69 Å². The Morgan fingerprint density at radius 2 is 1.85 bits per heavy atom. The van der Waals surface area contributed by atoms with Gasteiger partial charge in [0.05, 0.1) is 17.6 Å². The lowest BCUT2D eigenvalue weighted by atomic mass is 9.99. The molecule has 0 aliphatic carbocycles. The van der Waals surface area contributed by atoms with Crippen molar-refractivity contribution < 1.29 is 19.2 Å². The second-order valence-corrected chi connectivity index (χ2v) is 6.99. The van der Waals surface area contributed by atoms with Crippen LogP contribution in [-0.2, 0) is 9.47 Å². The van der Waals surface area contributed by atoms with Crippen molar-refractivity contribution in [1.82, 2.24) is 5.32 Å². The van der Waals surface area contributed by atoms with Crippen molar-refractivity contribution >= 4 is 11.6 Å². The minimum atomic E-state index is -0.823. The highest BCUT2D eigenvalue weighted by molar-refractivity contribution is 5.95. The predicted octanol–water partition coefficient (Wildman–Crippen LogP) is 3.53. The molecule has 0 radical (unpaired) electrons. The first-order chi connectivity index (χ1) is 12.8. The number of carbonyl (C=O) groups is 1. The molecule has 1 N–H and O–H groups in total. The van der Waals surface area contributed by atoms with Crippen molar-refractivity contribution in [2.24, 2.45) is 0 Å². The van der Waals surface area contributed by atoms with E-state index in [1.807, 2.05) is 25.1 Å². The van der Waals surface area contributed by atoms with Gasteiger partial charge in [0.15, 0.2) is 5.79 Å². The molecule has 7 heteroatoms. The zero-order valence-electron chi connectivity index (χ0n) is 15.5. The Morgan fingerprint density at radius 1 is 1.19 bits per heavy atom. The van der Waals surface area contributed by atoms with E-state index in [4.69, 9.17) is 9.47 Å². The molecule has 2 atom stereocenters. The van der Waals surface area contributed by atoms with Gasteiger partial charge in [-0.05, 0) is 50.1 Å². The Morgan fingerprint density at radius 3 is 2.48 bits per heavy atom. The number of hydrogen-bond acceptors (Lipinski definition) is 5. The number of ether oxygens (including phenoxy) is 2. The van der Waals surface area contributed by atoms with Crippen molar-refractivity contribution in [3.05, 3.63) is 75.3 Å². The lowest BCUT2D eigenvalue weighted by molar-refractivity contribution is -0.384. The maximum atomic E-state index is 12.7. The van der Waals surface area contributed by atoms with Crippen LogP contribution in [0.5, 0.6) is 0 Å². The zero-order chi connectivity index (χ0) is 19.6. The summed E-state index contributed by atoms with van der Waals surface area (Å²) in [5, 5.41) is 13.9. The SMILES string of the molecule is Cc1ccccc1C(=O)N[C@H]1COC(C)(C)O[C@H]1c1ccc([N+](=O)[O-])cc1. The molecule has 0 aromatic heterocycles. The third-order valence-corrected chi connectivity index (χ3v) is 4.53. The second kappa shape index (κ2) is 7.46. The van der Waals surface area contributed by atoms with E-state index in [1.165, 1.54) is 12.1 Å². The zero-order valence-corrected chi connectivity index (χ0v) is 15.5. The Bertz CT molecular complexity index is 848. The molecule has 0 spiro atoms. The molecule has 1 aliphatic rings. The van der Waals surface area contributed by atoms with E-state index in [2.05, 4.69) is 5.32 Å². The number of rotatable bonds is 4. The quantitative estimate of drug-likeness (QED) is 0.657. The van der Waals surface area contributed by atoms with Crippen molar-refractivity contribution in [1.29, 1.82) is 0 Å². The second-order valence-electron chi connectivity index (χ2n) is 6.99. The Labute approximate surface area is 157 Å². The molecular weight excluding hydrogens is 348 g/mol. The number of non-ortho nitro benzene ring substituents is 1. The smallest absolute Gasteiger partial charge is 0.269 e. The first-order valence-corrected chi connectivity index (χ1v) is 8.69. The van der Waals surface area contributed by atoms with Gasteiger partial charge in [-0.3, -0.25) is 14.9 Å². The molecule has 0 saturated carbocycles. The van der Waals surface area contributed by atoms with Crippen LogP contribution >= 0.6 is 0 Å². The van der Waals surface area contributed by atoms with Crippen molar-refractivity contribution in [3.63, 3.8) is 0 Å². The normalized spacial score (nSPS) is 21.4. The van der Waals surface area contributed by atoms with E-state index in [1.54, 1.807) is 32.0 Å². The summed E-state index contributed by atoms with van der Waals surface area (Å²) in [5.41, 5.74) is 2.21. The van der Waals surface area contributed by atoms with Gasteiger partial charge in [-0.1, -0.05) is 18.2 Å². The van der Waals surface area contributed by atoms with Crippen LogP contribution in [0.1, 0.15) is 41.4 Å². The fraction of sp³-hybridized carbons (Fsp3) is 0.350. The largest absolute Gasteiger partial charge is 0.348 e. The van der Waals surface area contributed by atoms with Crippen LogP contribution in [0.2, 0.25) is 0 Å². The van der Waals surface area contributed by atoms with E-state index in [0.717, 1.165) is 11.1 Å². The molecule has 7 nitrogen and oxygen atoms in total. The molecule has 2 aromatic rings. The summed E-state index contributed by atoms with van der Waals surface area (Å²) in [6.45, 7) is 5.74. The van der Waals surface area contributed by atoms with Gasteiger partial charge < -0.3 is 14.8 Å². The number of benzene rings is 2. The molecule has 2 aromatic carbocycles. The molecule has 3 rings (SSSR count). The van der Waals surface area contributed by atoms with Crippen LogP contribution in [0.25, 0.3) is 0 Å². The monoisotopic (exact) mass is 370 g/mol. The summed E-state index contributed by atoms with van der Waals surface area (Å²) in [6.07, 6.45) is -0.484. The average Bonchev–Trinajstić information content (AvgIpc) is 2.63. The van der Waals surface area contributed by atoms with Crippen molar-refractivity contribution in [2.75, 3.05) is 6.61 Å². The van der Waals surface area contributed by atoms with Crippen LogP contribution < -0.4 is 5.32 Å². The molecule has 1 amide bonds. The van der Waals surface area contributed by atoms with Gasteiger partial charge in [-0.2, -0.15) is 0 Å². The maximum absolute atomic E-state index is 12.7. The molecule has 1 aliphatic heterocycles. The standard InChI is InChI=1S/C20H22N2O5/c1-13-6-4-5-7-16(13)19(23)21-17-12-26-20(2,3)27-18(17)14-8-10-15(11-9-14)22(24)25/h4-11,17-18H,12H2,1-3H3,(H,21,23)/t17-,18-/m0/s1. The summed E-state index contributed by atoms with van der Waals surface area (Å²) in [7, 11) is 0. The van der Waals surface area contributed by atoms with Gasteiger partial charge in [0.2, 0.25) is 0 Å². The number of hydrogen-bond donors (Lipinski definition) is 1. The highest BCUT2D eigenvalue weighted by atomic mass is 16.7. The van der Waals surface area contributed by atoms with Gasteiger partial charge in [-0.15, -0.1) is 0 Å². The number of nitro groups is 1. The van der Waals surface area contributed by atoms with E-state index >= 15 is 0 Å². The molecule has 1 saturated heterocycles. The number of carbonyl (C=O) groups excluding carboxylic acids is 1. The summed E-state index contributed by atoms with van der Waals surface area (Å²) in [5.74, 6) is -1.03. The molecule has 27 heavy (non-hydrogen) atoms. The summed E-state index contributed by atoms with van der Waals surface area (Å²) in [4.78, 5) is 23.1. The Hall–Kier alpha value is -2.77. The average molecular weight is 370 g/mol. The highest BCUT2D eigenvalue weighted by Crippen LogP contribution is 2.34. The third kappa shape index (κ3) is 4.32. The fourth-order valence-electron chi connectivity index (χ4n) is 3.08. The molecular formula is C20H22N2O5. The summed E-state index contributed by atoms with van der Waals surface area (Å²) in [6, 6.07) is 13.1. The van der Waals surface area contributed by atoms with E-state index in [-0.39, 0.29) is 18.2 Å². The van der Waals surface area contributed by atoms with Crippen LogP contribution in [0, 0.1) is 17.0 Å². The van der Waals surface area contributed by atoms with Gasteiger partial charge in [-0.25, -0.2) is 0 Å². The van der Waals surface area contributed by atoms with Gasteiger partial charge in [0.25, 0.3) is 11.6 Å². The lowest BCUT2D eigenvalue weighted by Gasteiger charge is -2.41. The van der Waals surface area contributed by atoms with E-state index < -0.39 is 22.9 Å². The first kappa shape index (κ1) is 19.0. The molecule has 142 valence electrons. The minimum absolute atomic E-state index is 0.00515. The number of aryl methyl sites for hydroxylation is 1. The summed E-state index contributed by atoms with van der Waals surface area (Å²) < 4.78 is 11.7. The Kier molecular flexibility index (Phi) is 5.25. The minimum Gasteiger partial charge on any atom is -0.348 e. The molecule has 0 unspecified atom stereocenters. The predicted molar refractivity (Wildman–Crippen MR) is 99.4 cm³/mol. The fourth-order valence-corrected chi connectivity index (χ4v) is 3.08. The van der Waals surface area contributed by atoms with Gasteiger partial charge >= 0.3 is 0 Å². The topological polar surface area (TPSA) is 90.7 Å². The highest BCUT2D eigenvalue weighted by Gasteiger charge is 2.38. The van der Waals surface area contributed by atoms with Crippen LogP contribution in [-0.4, -0.2) is 29.3 Å². The van der Waals surface area contributed by atoms with Crippen molar-refractivity contribution in [3.8, 4) is 0 Å². The lowest BCUT2D eigenvalue weighted by Crippen LogP contribution is -2.52. The van der Waals surface area contributed by atoms with Crippen molar-refractivity contribution in [2.45, 2.75) is 38.7 Å². The summed E-state index contributed by atoms with van der Waals surface area (Å²) >= 11 is 0. The number of nitrogens with zero attached hydrogens (tertiary/aromatic N) is 1.